The van der Waals surface area contributed by atoms with Crippen molar-refractivity contribution in [2.45, 2.75) is 71.0 Å². The highest BCUT2D eigenvalue weighted by molar-refractivity contribution is 6.00. The number of Topliss-reactive ketones (excluding diaryl/α,β-unsaturated/α-hetero) is 1. The van der Waals surface area contributed by atoms with Gasteiger partial charge in [0.15, 0.2) is 5.78 Å². The number of allylic oxidation sites excluding steroid dienone is 3. The van der Waals surface area contributed by atoms with Crippen LogP contribution < -0.4 is 5.32 Å². The highest BCUT2D eigenvalue weighted by Gasteiger charge is 2.60. The molecule has 2 fully saturated rings. The number of nitrogens with zero attached hydrogens (tertiary/aromatic N) is 1. The molecule has 7 nitrogen and oxygen atoms in total. The Balaban J connectivity index is 1.44. The van der Waals surface area contributed by atoms with Gasteiger partial charge in [-0.1, -0.05) is 13.0 Å². The molecular formula is C27H32N2O5. The average Bonchev–Trinajstić information content (AvgIpc) is 3.09. The van der Waals surface area contributed by atoms with E-state index in [2.05, 4.69) is 29.4 Å². The molecule has 1 aliphatic heterocycles. The molecule has 2 saturated carbocycles. The second kappa shape index (κ2) is 8.67. The number of ketones is 1. The summed E-state index contributed by atoms with van der Waals surface area (Å²) in [6, 6.07) is 4.00. The number of amides is 1. The zero-order valence-corrected chi connectivity index (χ0v) is 20.0. The minimum absolute atomic E-state index is 0.0381. The monoisotopic (exact) mass is 464 g/mol. The molecule has 0 bridgehead atoms. The van der Waals surface area contributed by atoms with Gasteiger partial charge in [-0.15, -0.1) is 0 Å². The zero-order valence-electron chi connectivity index (χ0n) is 20.0. The largest absolute Gasteiger partial charge is 0.489 e. The Morgan fingerprint density at radius 1 is 1.29 bits per heavy atom. The maximum atomic E-state index is 12.9. The Hall–Kier alpha value is -2.96. The van der Waals surface area contributed by atoms with E-state index in [1.54, 1.807) is 6.20 Å². The van der Waals surface area contributed by atoms with Crippen molar-refractivity contribution in [2.75, 3.05) is 6.54 Å². The zero-order chi connectivity index (χ0) is 24.0. The summed E-state index contributed by atoms with van der Waals surface area (Å²) in [7, 11) is 0. The quantitative estimate of drug-likeness (QED) is 0.684. The summed E-state index contributed by atoms with van der Waals surface area (Å²) in [6.45, 7) is 5.71. The van der Waals surface area contributed by atoms with Gasteiger partial charge in [-0.3, -0.25) is 19.4 Å². The number of aromatic nitrogens is 1. The van der Waals surface area contributed by atoms with Crippen molar-refractivity contribution in [3.8, 4) is 0 Å². The third kappa shape index (κ3) is 3.95. The second-order valence-electron chi connectivity index (χ2n) is 10.5. The molecule has 2 heterocycles. The Morgan fingerprint density at radius 3 is 2.82 bits per heavy atom. The normalized spacial score (nSPS) is 34.3. The average molecular weight is 465 g/mol. The van der Waals surface area contributed by atoms with Gasteiger partial charge in [0.25, 0.3) is 0 Å². The van der Waals surface area contributed by atoms with E-state index in [4.69, 9.17) is 9.47 Å². The van der Waals surface area contributed by atoms with E-state index in [-0.39, 0.29) is 53.0 Å². The molecule has 0 saturated heterocycles. The van der Waals surface area contributed by atoms with E-state index in [0.717, 1.165) is 24.2 Å². The number of ether oxygens (including phenoxy) is 2. The van der Waals surface area contributed by atoms with Crippen LogP contribution in [0.3, 0.4) is 0 Å². The van der Waals surface area contributed by atoms with Crippen molar-refractivity contribution in [3.05, 3.63) is 53.1 Å². The first kappa shape index (κ1) is 22.8. The number of nitrogens with one attached hydrogen (secondary N) is 1. The van der Waals surface area contributed by atoms with Crippen molar-refractivity contribution in [2.24, 2.45) is 17.3 Å². The summed E-state index contributed by atoms with van der Waals surface area (Å²) >= 11 is 0. The fraction of sp³-hybridized carbons (Fsp3) is 0.556. The van der Waals surface area contributed by atoms with Crippen molar-refractivity contribution in [3.63, 3.8) is 0 Å². The fourth-order valence-electron chi connectivity index (χ4n) is 6.75. The molecule has 0 radical (unpaired) electrons. The summed E-state index contributed by atoms with van der Waals surface area (Å²) in [6.07, 6.45) is 8.90. The van der Waals surface area contributed by atoms with E-state index >= 15 is 0 Å². The topological polar surface area (TPSA) is 94.6 Å². The highest BCUT2D eigenvalue weighted by Crippen LogP contribution is 2.62. The molecule has 7 heteroatoms. The van der Waals surface area contributed by atoms with Gasteiger partial charge in [0.2, 0.25) is 5.91 Å². The van der Waals surface area contributed by atoms with Crippen LogP contribution in [0.5, 0.6) is 0 Å². The molecule has 0 spiro atoms. The number of rotatable bonds is 4. The molecule has 4 aliphatic rings. The highest BCUT2D eigenvalue weighted by atomic mass is 16.5. The maximum absolute atomic E-state index is 12.9. The number of hydrogen-bond acceptors (Lipinski definition) is 6. The summed E-state index contributed by atoms with van der Waals surface area (Å²) in [4.78, 5) is 40.6. The number of hydrogen-bond donors (Lipinski definition) is 1. The summed E-state index contributed by atoms with van der Waals surface area (Å²) < 4.78 is 12.5. The lowest BCUT2D eigenvalue weighted by Gasteiger charge is -2.48. The van der Waals surface area contributed by atoms with Crippen LogP contribution in [0.2, 0.25) is 0 Å². The first-order valence-corrected chi connectivity index (χ1v) is 12.2. The lowest BCUT2D eigenvalue weighted by Crippen LogP contribution is -2.44. The van der Waals surface area contributed by atoms with Crippen LogP contribution in [0.15, 0.2) is 47.5 Å². The van der Waals surface area contributed by atoms with Crippen LogP contribution in [0.1, 0.15) is 64.4 Å². The Kier molecular flexibility index (Phi) is 5.82. The standard InChI is InChI=1S/C27H32N2O5/c1-15(30)29-13-17-9-22(32)20-11-18-6-7-27(3)21(26(18)34-23(20)10-17)12-24(33-16(2)31)25(27)19-5-4-8-28-14-19/h4-5,8,11,14,17,21,24-26H,6-7,9-10,12-13H2,1-3H3,(H,29,30)/t17?,21-,24+,25-,26+,27-/m0/s1. The third-order valence-electron chi connectivity index (χ3n) is 8.25. The molecule has 34 heavy (non-hydrogen) atoms. The van der Waals surface area contributed by atoms with E-state index in [0.29, 0.717) is 31.4 Å². The molecule has 5 rings (SSSR count). The molecule has 6 atom stereocenters. The Bertz CT molecular complexity index is 1080. The fourth-order valence-corrected chi connectivity index (χ4v) is 6.75. The molecule has 1 unspecified atom stereocenters. The maximum Gasteiger partial charge on any atom is 0.302 e. The molecule has 3 aliphatic carbocycles. The summed E-state index contributed by atoms with van der Waals surface area (Å²) in [5.41, 5.74) is 2.83. The van der Waals surface area contributed by atoms with Crippen LogP contribution in [-0.4, -0.2) is 41.4 Å². The number of carbonyl (C=O) groups is 3. The van der Waals surface area contributed by atoms with E-state index in [1.807, 2.05) is 12.3 Å². The van der Waals surface area contributed by atoms with Crippen molar-refractivity contribution >= 4 is 17.7 Å². The lowest BCUT2D eigenvalue weighted by molar-refractivity contribution is -0.147. The molecule has 1 aromatic rings. The van der Waals surface area contributed by atoms with Crippen LogP contribution in [0.4, 0.5) is 0 Å². The summed E-state index contributed by atoms with van der Waals surface area (Å²) in [5, 5.41) is 2.84. The van der Waals surface area contributed by atoms with Gasteiger partial charge in [-0.25, -0.2) is 0 Å². The molecule has 1 amide bonds. The van der Waals surface area contributed by atoms with Gasteiger partial charge in [-0.05, 0) is 53.9 Å². The lowest BCUT2D eigenvalue weighted by atomic mass is 9.61. The Morgan fingerprint density at radius 2 is 2.12 bits per heavy atom. The van der Waals surface area contributed by atoms with E-state index in [1.165, 1.54) is 19.4 Å². The van der Waals surface area contributed by atoms with Crippen LogP contribution in [0.25, 0.3) is 0 Å². The van der Waals surface area contributed by atoms with E-state index in [9.17, 15) is 14.4 Å². The SMILES string of the molecule is CC(=O)NCC1CC(=O)C2=C(C1)O[C@@H]1C(=C2)CC[C@@]2(C)[C@H]1C[C@@H](OC(C)=O)[C@@H]2c1cccnc1. The predicted molar refractivity (Wildman–Crippen MR) is 124 cm³/mol. The minimum Gasteiger partial charge on any atom is -0.489 e. The van der Waals surface area contributed by atoms with Crippen molar-refractivity contribution in [1.29, 1.82) is 0 Å². The first-order chi connectivity index (χ1) is 16.3. The molecule has 1 aromatic heterocycles. The molecule has 180 valence electrons. The number of fused-ring (bicyclic) bond motifs is 3. The smallest absolute Gasteiger partial charge is 0.302 e. The predicted octanol–water partition coefficient (Wildman–Crippen LogP) is 3.61. The first-order valence-electron chi connectivity index (χ1n) is 12.2. The van der Waals surface area contributed by atoms with Crippen LogP contribution in [-0.2, 0) is 23.9 Å². The summed E-state index contributed by atoms with van der Waals surface area (Å²) in [5.74, 6) is 0.710. The van der Waals surface area contributed by atoms with Gasteiger partial charge in [0, 0.05) is 57.5 Å². The van der Waals surface area contributed by atoms with E-state index < -0.39 is 0 Å². The van der Waals surface area contributed by atoms with Gasteiger partial charge >= 0.3 is 5.97 Å². The molecule has 1 N–H and O–H groups in total. The van der Waals surface area contributed by atoms with Gasteiger partial charge < -0.3 is 14.8 Å². The number of carbonyl (C=O) groups excluding carboxylic acids is 3. The Labute approximate surface area is 200 Å². The van der Waals surface area contributed by atoms with Crippen LogP contribution >= 0.6 is 0 Å². The number of esters is 1. The number of pyridine rings is 1. The van der Waals surface area contributed by atoms with Crippen molar-refractivity contribution in [1.82, 2.24) is 10.3 Å². The van der Waals surface area contributed by atoms with Crippen LogP contribution in [0, 0.1) is 17.3 Å². The third-order valence-corrected chi connectivity index (χ3v) is 8.25. The second-order valence-corrected chi connectivity index (χ2v) is 10.5. The minimum atomic E-state index is -0.273. The van der Waals surface area contributed by atoms with Gasteiger partial charge in [0.05, 0.1) is 5.57 Å². The van der Waals surface area contributed by atoms with Gasteiger partial charge in [0.1, 0.15) is 18.0 Å². The van der Waals surface area contributed by atoms with Gasteiger partial charge in [-0.2, -0.15) is 0 Å². The molecular weight excluding hydrogens is 432 g/mol. The van der Waals surface area contributed by atoms with Crippen molar-refractivity contribution < 1.29 is 23.9 Å². The molecule has 0 aromatic carbocycles.